The van der Waals surface area contributed by atoms with Gasteiger partial charge in [0, 0.05) is 0 Å². The van der Waals surface area contributed by atoms with Crippen LogP contribution in [0.1, 0.15) is 6.92 Å². The van der Waals surface area contributed by atoms with Crippen LogP contribution in [0.15, 0.2) is 0 Å². The molecule has 0 amide bonds. The van der Waals surface area contributed by atoms with Crippen molar-refractivity contribution in [2.24, 2.45) is 5.92 Å². The van der Waals surface area contributed by atoms with Crippen LogP contribution in [0.5, 0.6) is 0 Å². The van der Waals surface area contributed by atoms with Gasteiger partial charge in [-0.25, -0.2) is 4.39 Å². The van der Waals surface area contributed by atoms with Crippen LogP contribution < -0.4 is 0 Å². The Balaban J connectivity index is 5.95. The van der Waals surface area contributed by atoms with E-state index in [4.69, 9.17) is 0 Å². The fourth-order valence-corrected chi connectivity index (χ4v) is 2.39. The molecular formula is C10H8F11IO2. The molecule has 0 aliphatic carbocycles. The maximum atomic E-state index is 13.6. The maximum Gasteiger partial charge on any atom is 0.459 e. The fraction of sp³-hybridized carbons (Fsp3) is 0.900. The Morgan fingerprint density at radius 2 is 1.42 bits per heavy atom. The highest BCUT2D eigenvalue weighted by molar-refractivity contribution is 14.1. The lowest BCUT2D eigenvalue weighted by molar-refractivity contribution is -0.374. The van der Waals surface area contributed by atoms with Gasteiger partial charge in [0.05, 0.1) is 6.61 Å². The number of rotatable bonds is 6. The first-order chi connectivity index (χ1) is 10.4. The standard InChI is InChI=1S/C10H8F11IO2/c1-2-24-6(23)4(22)3(8(14,15)16)5(11)7(12,13)9(17,18)10(19,20)21/h3-5H,2H2,1H3. The van der Waals surface area contributed by atoms with Gasteiger partial charge in [0.2, 0.25) is 0 Å². The Morgan fingerprint density at radius 1 is 1.00 bits per heavy atom. The molecule has 0 aliphatic rings. The minimum Gasteiger partial charge on any atom is -0.465 e. The van der Waals surface area contributed by atoms with Gasteiger partial charge in [-0.2, -0.15) is 43.9 Å². The van der Waals surface area contributed by atoms with Crippen LogP contribution in [0.4, 0.5) is 48.3 Å². The zero-order chi connectivity index (χ0) is 19.7. The molecule has 0 aliphatic heterocycles. The molecule has 0 aromatic heterocycles. The molecule has 14 heteroatoms. The summed E-state index contributed by atoms with van der Waals surface area (Å²) in [7, 11) is 0. The molecule has 0 N–H and O–H groups in total. The average Bonchev–Trinajstić information content (AvgIpc) is 2.35. The molecule has 0 fully saturated rings. The number of carbonyl (C=O) groups is 1. The number of ether oxygens (including phenoxy) is 1. The van der Waals surface area contributed by atoms with E-state index in [1.807, 2.05) is 0 Å². The molecule has 2 nitrogen and oxygen atoms in total. The van der Waals surface area contributed by atoms with Crippen LogP contribution in [0.3, 0.4) is 0 Å². The van der Waals surface area contributed by atoms with Gasteiger partial charge < -0.3 is 4.74 Å². The zero-order valence-corrected chi connectivity index (χ0v) is 13.4. The predicted molar refractivity (Wildman–Crippen MR) is 64.8 cm³/mol. The van der Waals surface area contributed by atoms with E-state index in [1.54, 1.807) is 0 Å². The molecule has 0 bridgehead atoms. The second kappa shape index (κ2) is 7.35. The SMILES string of the molecule is CCOC(=O)C(I)C(C(F)C(F)(F)C(F)(F)C(F)(F)F)C(F)(F)F. The molecule has 24 heavy (non-hydrogen) atoms. The van der Waals surface area contributed by atoms with E-state index in [1.165, 1.54) is 0 Å². The number of carbonyl (C=O) groups excluding carboxylic acids is 1. The van der Waals surface area contributed by atoms with Gasteiger partial charge in [-0.1, -0.05) is 22.6 Å². The summed E-state index contributed by atoms with van der Waals surface area (Å²) < 4.78 is 141. The monoisotopic (exact) mass is 496 g/mol. The van der Waals surface area contributed by atoms with E-state index in [0.29, 0.717) is 22.6 Å². The summed E-state index contributed by atoms with van der Waals surface area (Å²) in [5, 5.41) is 0. The molecule has 0 aromatic rings. The topological polar surface area (TPSA) is 26.3 Å². The molecule has 0 spiro atoms. The number of hydrogen-bond acceptors (Lipinski definition) is 2. The Kier molecular flexibility index (Phi) is 7.18. The van der Waals surface area contributed by atoms with Gasteiger partial charge in [-0.05, 0) is 6.92 Å². The molecule has 144 valence electrons. The van der Waals surface area contributed by atoms with Crippen molar-refractivity contribution < 1.29 is 57.8 Å². The van der Waals surface area contributed by atoms with E-state index >= 15 is 0 Å². The highest BCUT2D eigenvalue weighted by Crippen LogP contribution is 2.53. The normalized spacial score (nSPS) is 18.0. The van der Waals surface area contributed by atoms with E-state index in [0.717, 1.165) is 6.92 Å². The van der Waals surface area contributed by atoms with Gasteiger partial charge in [0.15, 0.2) is 6.17 Å². The first-order valence-electron chi connectivity index (χ1n) is 5.76. The van der Waals surface area contributed by atoms with Crippen molar-refractivity contribution in [3.05, 3.63) is 0 Å². The van der Waals surface area contributed by atoms with Crippen LogP contribution in [-0.2, 0) is 9.53 Å². The molecule has 0 radical (unpaired) electrons. The smallest absolute Gasteiger partial charge is 0.459 e. The van der Waals surface area contributed by atoms with Crippen molar-refractivity contribution >= 4 is 28.6 Å². The Bertz CT molecular complexity index is 445. The van der Waals surface area contributed by atoms with E-state index in [9.17, 15) is 53.1 Å². The van der Waals surface area contributed by atoms with Gasteiger partial charge in [0.1, 0.15) is 9.84 Å². The third-order valence-electron chi connectivity index (χ3n) is 2.64. The van der Waals surface area contributed by atoms with Crippen LogP contribution in [-0.4, -0.2) is 46.9 Å². The molecule has 0 aromatic carbocycles. The second-order valence-corrected chi connectivity index (χ2v) is 5.66. The highest BCUT2D eigenvalue weighted by Gasteiger charge is 2.78. The second-order valence-electron chi connectivity index (χ2n) is 4.32. The van der Waals surface area contributed by atoms with Gasteiger partial charge in [0.25, 0.3) is 0 Å². The highest BCUT2D eigenvalue weighted by atomic mass is 127. The lowest BCUT2D eigenvalue weighted by atomic mass is 9.91. The fourth-order valence-electron chi connectivity index (χ4n) is 1.44. The Morgan fingerprint density at radius 3 is 1.71 bits per heavy atom. The summed E-state index contributed by atoms with van der Waals surface area (Å²) in [6.45, 7) is 0.526. The summed E-state index contributed by atoms with van der Waals surface area (Å²) >= 11 is 0.488. The molecule has 0 saturated heterocycles. The quantitative estimate of drug-likeness (QED) is 0.231. The van der Waals surface area contributed by atoms with Crippen LogP contribution in [0.25, 0.3) is 0 Å². The van der Waals surface area contributed by atoms with Crippen molar-refractivity contribution in [3.8, 4) is 0 Å². The van der Waals surface area contributed by atoms with Crippen LogP contribution in [0, 0.1) is 5.92 Å². The molecule has 0 rings (SSSR count). The Hall–Kier alpha value is -0.570. The van der Waals surface area contributed by atoms with E-state index < -0.39 is 52.8 Å². The van der Waals surface area contributed by atoms with Crippen LogP contribution >= 0.6 is 22.6 Å². The van der Waals surface area contributed by atoms with E-state index in [-0.39, 0.29) is 0 Å². The summed E-state index contributed by atoms with van der Waals surface area (Å²) in [4.78, 5) is 11.2. The summed E-state index contributed by atoms with van der Waals surface area (Å²) in [5.74, 6) is -19.9. The largest absolute Gasteiger partial charge is 0.465 e. The summed E-state index contributed by atoms with van der Waals surface area (Å²) in [6, 6.07) is 0. The number of hydrogen-bond donors (Lipinski definition) is 0. The van der Waals surface area contributed by atoms with Gasteiger partial charge in [-0.3, -0.25) is 4.79 Å². The maximum absolute atomic E-state index is 13.6. The number of esters is 1. The van der Waals surface area contributed by atoms with Crippen molar-refractivity contribution in [3.63, 3.8) is 0 Å². The van der Waals surface area contributed by atoms with Gasteiger partial charge >= 0.3 is 30.2 Å². The van der Waals surface area contributed by atoms with E-state index in [2.05, 4.69) is 4.74 Å². The first-order valence-corrected chi connectivity index (χ1v) is 7.01. The van der Waals surface area contributed by atoms with Crippen molar-refractivity contribution in [1.29, 1.82) is 0 Å². The van der Waals surface area contributed by atoms with Crippen molar-refractivity contribution in [1.82, 2.24) is 0 Å². The van der Waals surface area contributed by atoms with Gasteiger partial charge in [-0.15, -0.1) is 0 Å². The summed E-state index contributed by atoms with van der Waals surface area (Å²) in [6.07, 6.45) is -18.1. The van der Waals surface area contributed by atoms with Crippen molar-refractivity contribution in [2.45, 2.75) is 41.2 Å². The predicted octanol–water partition coefficient (Wildman–Crippen LogP) is 4.70. The third kappa shape index (κ3) is 4.53. The average molecular weight is 496 g/mol. The molecule has 3 unspecified atom stereocenters. The minimum absolute atomic E-state index is 0.488. The zero-order valence-electron chi connectivity index (χ0n) is 11.3. The summed E-state index contributed by atoms with van der Waals surface area (Å²) in [5.41, 5.74) is 0. The molecule has 0 heterocycles. The van der Waals surface area contributed by atoms with Crippen LogP contribution in [0.2, 0.25) is 0 Å². The molecule has 0 saturated carbocycles. The third-order valence-corrected chi connectivity index (χ3v) is 3.92. The lowest BCUT2D eigenvalue weighted by Crippen LogP contribution is -2.61. The number of alkyl halides is 12. The first kappa shape index (κ1) is 23.4. The lowest BCUT2D eigenvalue weighted by Gasteiger charge is -2.35. The number of halogens is 12. The molecular weight excluding hydrogens is 488 g/mol. The van der Waals surface area contributed by atoms with Crippen molar-refractivity contribution in [2.75, 3.05) is 6.61 Å². The Labute approximate surface area is 140 Å². The minimum atomic E-state index is -7.09. The molecule has 3 atom stereocenters.